The zero-order valence-electron chi connectivity index (χ0n) is 35.7. The molecular formula is C46H89NO8. The molecule has 7 atom stereocenters. The Balaban J connectivity index is 2.31. The summed E-state index contributed by atoms with van der Waals surface area (Å²) in [6.45, 7) is 3.83. The van der Waals surface area contributed by atoms with Gasteiger partial charge in [0, 0.05) is 6.42 Å². The normalized spacial score (nSPS) is 21.3. The Hall–Kier alpha value is -1.07. The van der Waals surface area contributed by atoms with Gasteiger partial charge in [0.25, 0.3) is 0 Å². The van der Waals surface area contributed by atoms with Crippen LogP contribution in [0.1, 0.15) is 219 Å². The Kier molecular flexibility index (Phi) is 35.2. The van der Waals surface area contributed by atoms with Crippen LogP contribution in [0.15, 0.2) is 12.2 Å². The SMILES string of the molecule is CCCCCCCCC/C=C\CCCCCCCCCC(=O)NC(COC1OC(CO)C(O)C(O)C1O)C(O)CCCCCCCCCCCCCCCC. The molecule has 6 N–H and O–H groups in total. The molecule has 0 saturated carbocycles. The van der Waals surface area contributed by atoms with Crippen LogP contribution >= 0.6 is 0 Å². The summed E-state index contributed by atoms with van der Waals surface area (Å²) in [5.41, 5.74) is 0. The lowest BCUT2D eigenvalue weighted by atomic mass is 9.99. The molecule has 0 aromatic heterocycles. The van der Waals surface area contributed by atoms with Crippen molar-refractivity contribution in [3.8, 4) is 0 Å². The summed E-state index contributed by atoms with van der Waals surface area (Å²) in [4.78, 5) is 13.0. The third-order valence-corrected chi connectivity index (χ3v) is 11.4. The van der Waals surface area contributed by atoms with Gasteiger partial charge in [-0.2, -0.15) is 0 Å². The van der Waals surface area contributed by atoms with Crippen molar-refractivity contribution < 1.29 is 39.8 Å². The fraction of sp³-hybridized carbons (Fsp3) is 0.935. The van der Waals surface area contributed by atoms with Crippen molar-refractivity contribution in [2.75, 3.05) is 13.2 Å². The number of nitrogens with one attached hydrogen (secondary N) is 1. The van der Waals surface area contributed by atoms with Crippen molar-refractivity contribution in [2.45, 2.75) is 262 Å². The first-order valence-electron chi connectivity index (χ1n) is 23.4. The molecule has 0 aliphatic carbocycles. The third-order valence-electron chi connectivity index (χ3n) is 11.4. The third kappa shape index (κ3) is 28.1. The van der Waals surface area contributed by atoms with E-state index in [2.05, 4.69) is 31.3 Å². The van der Waals surface area contributed by atoms with Crippen molar-refractivity contribution in [1.82, 2.24) is 5.32 Å². The van der Waals surface area contributed by atoms with Crippen molar-refractivity contribution in [3.63, 3.8) is 0 Å². The fourth-order valence-electron chi connectivity index (χ4n) is 7.57. The summed E-state index contributed by atoms with van der Waals surface area (Å²) >= 11 is 0. The molecule has 7 unspecified atom stereocenters. The highest BCUT2D eigenvalue weighted by Crippen LogP contribution is 2.23. The van der Waals surface area contributed by atoms with E-state index in [-0.39, 0.29) is 12.5 Å². The number of amides is 1. The lowest BCUT2D eigenvalue weighted by Crippen LogP contribution is -2.60. The number of aliphatic hydroxyl groups is 5. The number of carbonyl (C=O) groups is 1. The fourth-order valence-corrected chi connectivity index (χ4v) is 7.57. The molecule has 1 aliphatic heterocycles. The standard InChI is InChI=1S/C46H89NO8/c1-3-5-7-9-11-13-15-17-19-20-21-22-24-26-28-30-32-34-36-42(50)47-39(38-54-46-45(53)44(52)43(51)41(37-48)55-46)40(49)35-33-31-29-27-25-23-18-16-14-12-10-8-6-4-2/h19-20,39-41,43-46,48-49,51-53H,3-18,21-38H2,1-2H3,(H,47,50)/b20-19-. The maximum Gasteiger partial charge on any atom is 0.220 e. The van der Waals surface area contributed by atoms with Gasteiger partial charge < -0.3 is 40.3 Å². The summed E-state index contributed by atoms with van der Waals surface area (Å²) < 4.78 is 11.3. The highest BCUT2D eigenvalue weighted by molar-refractivity contribution is 5.76. The average Bonchev–Trinajstić information content (AvgIpc) is 3.18. The molecule has 1 amide bonds. The van der Waals surface area contributed by atoms with Crippen LogP contribution in [-0.4, -0.2) is 87.5 Å². The first-order chi connectivity index (χ1) is 26.8. The van der Waals surface area contributed by atoms with Crippen LogP contribution in [0.5, 0.6) is 0 Å². The minimum atomic E-state index is -1.55. The van der Waals surface area contributed by atoms with Gasteiger partial charge in [-0.05, 0) is 38.5 Å². The largest absolute Gasteiger partial charge is 0.394 e. The Labute approximate surface area is 337 Å². The van der Waals surface area contributed by atoms with Crippen LogP contribution in [0.4, 0.5) is 0 Å². The molecule has 1 rings (SSSR count). The highest BCUT2D eigenvalue weighted by atomic mass is 16.7. The second-order valence-electron chi connectivity index (χ2n) is 16.6. The lowest BCUT2D eigenvalue weighted by Gasteiger charge is -2.40. The van der Waals surface area contributed by atoms with Gasteiger partial charge in [0.2, 0.25) is 5.91 Å². The molecule has 0 aromatic rings. The second-order valence-corrected chi connectivity index (χ2v) is 16.6. The molecule has 326 valence electrons. The second kappa shape index (κ2) is 37.2. The Morgan fingerprint density at radius 1 is 0.600 bits per heavy atom. The molecule has 1 heterocycles. The highest BCUT2D eigenvalue weighted by Gasteiger charge is 2.44. The van der Waals surface area contributed by atoms with Crippen molar-refractivity contribution in [1.29, 1.82) is 0 Å². The van der Waals surface area contributed by atoms with Gasteiger partial charge in [0.15, 0.2) is 6.29 Å². The quantitative estimate of drug-likeness (QED) is 0.0267. The van der Waals surface area contributed by atoms with Gasteiger partial charge >= 0.3 is 0 Å². The summed E-state index contributed by atoms with van der Waals surface area (Å²) in [7, 11) is 0. The van der Waals surface area contributed by atoms with Gasteiger partial charge in [-0.25, -0.2) is 0 Å². The number of aliphatic hydroxyl groups excluding tert-OH is 5. The number of unbranched alkanes of at least 4 members (excludes halogenated alkanes) is 27. The average molecular weight is 784 g/mol. The summed E-state index contributed by atoms with van der Waals surface area (Å²) in [6.07, 6.45) is 35.0. The Bertz CT molecular complexity index is 873. The van der Waals surface area contributed by atoms with Gasteiger partial charge in [-0.15, -0.1) is 0 Å². The van der Waals surface area contributed by atoms with E-state index in [9.17, 15) is 30.3 Å². The monoisotopic (exact) mass is 784 g/mol. The Morgan fingerprint density at radius 3 is 1.47 bits per heavy atom. The molecule has 0 bridgehead atoms. The van der Waals surface area contributed by atoms with E-state index in [0.717, 1.165) is 38.5 Å². The van der Waals surface area contributed by atoms with Crippen LogP contribution in [0.2, 0.25) is 0 Å². The maximum absolute atomic E-state index is 13.0. The van der Waals surface area contributed by atoms with Crippen LogP contribution < -0.4 is 5.32 Å². The summed E-state index contributed by atoms with van der Waals surface area (Å²) in [6, 6.07) is -0.716. The number of allylic oxidation sites excluding steroid dienone is 2. The van der Waals surface area contributed by atoms with Crippen LogP contribution in [0.3, 0.4) is 0 Å². The van der Waals surface area contributed by atoms with Gasteiger partial charge in [0.05, 0.1) is 25.4 Å². The molecule has 55 heavy (non-hydrogen) atoms. The van der Waals surface area contributed by atoms with E-state index in [1.54, 1.807) is 0 Å². The first kappa shape index (κ1) is 51.9. The lowest BCUT2D eigenvalue weighted by molar-refractivity contribution is -0.302. The molecule has 1 saturated heterocycles. The van der Waals surface area contributed by atoms with Gasteiger partial charge in [0.1, 0.15) is 24.4 Å². The molecule has 0 aromatic carbocycles. The zero-order valence-corrected chi connectivity index (χ0v) is 35.7. The Morgan fingerprint density at radius 2 is 1.02 bits per heavy atom. The minimum Gasteiger partial charge on any atom is -0.394 e. The number of carbonyl (C=O) groups excluding carboxylic acids is 1. The number of hydrogen-bond acceptors (Lipinski definition) is 8. The van der Waals surface area contributed by atoms with E-state index in [1.165, 1.54) is 154 Å². The molecule has 1 fully saturated rings. The topological polar surface area (TPSA) is 149 Å². The predicted molar refractivity (Wildman–Crippen MR) is 226 cm³/mol. The summed E-state index contributed by atoms with van der Waals surface area (Å²) in [5.74, 6) is -0.148. The molecular weight excluding hydrogens is 695 g/mol. The van der Waals surface area contributed by atoms with E-state index in [4.69, 9.17) is 9.47 Å². The van der Waals surface area contributed by atoms with Crippen molar-refractivity contribution >= 4 is 5.91 Å². The maximum atomic E-state index is 13.0. The van der Waals surface area contributed by atoms with Crippen LogP contribution in [-0.2, 0) is 14.3 Å². The number of rotatable bonds is 39. The van der Waals surface area contributed by atoms with Crippen molar-refractivity contribution in [3.05, 3.63) is 12.2 Å². The molecule has 0 spiro atoms. The number of hydrogen-bond donors (Lipinski definition) is 6. The molecule has 1 aliphatic rings. The van der Waals surface area contributed by atoms with Gasteiger partial charge in [-0.1, -0.05) is 187 Å². The van der Waals surface area contributed by atoms with Gasteiger partial charge in [-0.3, -0.25) is 4.79 Å². The van der Waals surface area contributed by atoms with Crippen LogP contribution in [0.25, 0.3) is 0 Å². The molecule has 0 radical (unpaired) electrons. The molecule has 9 nitrogen and oxygen atoms in total. The minimum absolute atomic E-state index is 0.136. The zero-order chi connectivity index (χ0) is 40.2. The van der Waals surface area contributed by atoms with E-state index >= 15 is 0 Å². The number of ether oxygens (including phenoxy) is 2. The van der Waals surface area contributed by atoms with Crippen molar-refractivity contribution in [2.24, 2.45) is 0 Å². The molecule has 9 heteroatoms. The smallest absolute Gasteiger partial charge is 0.220 e. The predicted octanol–water partition coefficient (Wildman–Crippen LogP) is 9.73. The van der Waals surface area contributed by atoms with E-state index in [0.29, 0.717) is 12.8 Å². The van der Waals surface area contributed by atoms with E-state index < -0.39 is 49.5 Å². The van der Waals surface area contributed by atoms with Crippen LogP contribution in [0, 0.1) is 0 Å². The van der Waals surface area contributed by atoms with E-state index in [1.807, 2.05) is 0 Å². The first-order valence-corrected chi connectivity index (χ1v) is 23.4. The summed E-state index contributed by atoms with van der Waals surface area (Å²) in [5, 5.41) is 54.3.